The number of rotatable bonds is 5. The molecule has 0 radical (unpaired) electrons. The molecule has 2 N–H and O–H groups in total. The molecule has 1 aromatic rings. The van der Waals surface area contributed by atoms with E-state index in [1.165, 1.54) is 6.20 Å². The van der Waals surface area contributed by atoms with Gasteiger partial charge in [0.25, 0.3) is 0 Å². The fourth-order valence-electron chi connectivity index (χ4n) is 1.61. The number of carboxylic acid groups (broad SMARTS) is 1. The second kappa shape index (κ2) is 5.90. The zero-order valence-corrected chi connectivity index (χ0v) is 10.5. The molecule has 1 aromatic heterocycles. The second-order valence-electron chi connectivity index (χ2n) is 4.56. The molecule has 1 heterocycles. The maximum Gasteiger partial charge on any atom is 0.419 e. The van der Waals surface area contributed by atoms with Gasteiger partial charge in [0, 0.05) is 6.20 Å². The molecule has 106 valence electrons. The molecule has 0 aromatic carbocycles. The van der Waals surface area contributed by atoms with Crippen LogP contribution in [0, 0.1) is 5.92 Å². The van der Waals surface area contributed by atoms with Gasteiger partial charge in [-0.2, -0.15) is 13.2 Å². The van der Waals surface area contributed by atoms with E-state index < -0.39 is 29.6 Å². The summed E-state index contributed by atoms with van der Waals surface area (Å²) in [6, 6.07) is 0.923. The molecule has 0 fully saturated rings. The average molecular weight is 276 g/mol. The Kier molecular flexibility index (Phi) is 4.74. The summed E-state index contributed by atoms with van der Waals surface area (Å²) in [5.41, 5.74) is -0.968. The van der Waals surface area contributed by atoms with E-state index in [-0.39, 0.29) is 12.3 Å². The van der Waals surface area contributed by atoms with Crippen LogP contribution in [-0.4, -0.2) is 22.1 Å². The number of carboxylic acids is 1. The predicted molar refractivity (Wildman–Crippen MR) is 63.7 cm³/mol. The molecule has 0 bridgehead atoms. The molecule has 1 rings (SSSR count). The predicted octanol–water partition coefficient (Wildman–Crippen LogP) is 3.01. The molecular weight excluding hydrogens is 261 g/mol. The minimum Gasteiger partial charge on any atom is -0.480 e. The van der Waals surface area contributed by atoms with Crippen molar-refractivity contribution in [1.82, 2.24) is 4.98 Å². The van der Waals surface area contributed by atoms with Crippen LogP contribution in [0.2, 0.25) is 0 Å². The SMILES string of the molecule is CC(C)CC(Nc1ncccc1C(F)(F)F)C(=O)O. The molecule has 0 spiro atoms. The third kappa shape index (κ3) is 4.42. The van der Waals surface area contributed by atoms with Crippen molar-refractivity contribution in [1.29, 1.82) is 0 Å². The van der Waals surface area contributed by atoms with E-state index in [0.717, 1.165) is 12.1 Å². The van der Waals surface area contributed by atoms with E-state index in [1.807, 2.05) is 0 Å². The van der Waals surface area contributed by atoms with Crippen LogP contribution in [0.25, 0.3) is 0 Å². The first kappa shape index (κ1) is 15.3. The topological polar surface area (TPSA) is 62.2 Å². The third-order valence-electron chi connectivity index (χ3n) is 2.43. The van der Waals surface area contributed by atoms with Crippen molar-refractivity contribution in [2.75, 3.05) is 5.32 Å². The minimum atomic E-state index is -4.57. The highest BCUT2D eigenvalue weighted by molar-refractivity contribution is 5.77. The lowest BCUT2D eigenvalue weighted by atomic mass is 10.0. The van der Waals surface area contributed by atoms with E-state index in [2.05, 4.69) is 10.3 Å². The average Bonchev–Trinajstić information content (AvgIpc) is 2.26. The van der Waals surface area contributed by atoms with Gasteiger partial charge in [0.1, 0.15) is 11.9 Å². The summed E-state index contributed by atoms with van der Waals surface area (Å²) in [4.78, 5) is 14.6. The minimum absolute atomic E-state index is 0.0339. The molecule has 4 nitrogen and oxygen atoms in total. The standard InChI is InChI=1S/C12H15F3N2O2/c1-7(2)6-9(11(18)19)17-10-8(12(13,14)15)4-3-5-16-10/h3-5,7,9H,6H2,1-2H3,(H,16,17)(H,18,19). The van der Waals surface area contributed by atoms with Crippen molar-refractivity contribution < 1.29 is 23.1 Å². The Balaban J connectivity index is 3.00. The Morgan fingerprint density at radius 2 is 2.11 bits per heavy atom. The Morgan fingerprint density at radius 1 is 1.47 bits per heavy atom. The number of anilines is 1. The highest BCUT2D eigenvalue weighted by Gasteiger charge is 2.35. The molecule has 0 aliphatic rings. The van der Waals surface area contributed by atoms with Crippen LogP contribution in [0.1, 0.15) is 25.8 Å². The summed E-state index contributed by atoms with van der Waals surface area (Å²) in [5, 5.41) is 11.4. The summed E-state index contributed by atoms with van der Waals surface area (Å²) in [5.74, 6) is -1.62. The number of nitrogens with one attached hydrogen (secondary N) is 1. The molecule has 7 heteroatoms. The van der Waals surface area contributed by atoms with Crippen molar-refractivity contribution in [2.45, 2.75) is 32.5 Å². The van der Waals surface area contributed by atoms with E-state index in [0.29, 0.717) is 0 Å². The molecular formula is C12H15F3N2O2. The van der Waals surface area contributed by atoms with Gasteiger partial charge in [0.05, 0.1) is 5.56 Å². The molecule has 1 atom stereocenters. The zero-order chi connectivity index (χ0) is 14.6. The van der Waals surface area contributed by atoms with E-state index in [1.54, 1.807) is 13.8 Å². The Bertz CT molecular complexity index is 447. The maximum absolute atomic E-state index is 12.7. The quantitative estimate of drug-likeness (QED) is 0.867. The monoisotopic (exact) mass is 276 g/mol. The van der Waals surface area contributed by atoms with Crippen LogP contribution in [0.3, 0.4) is 0 Å². The zero-order valence-electron chi connectivity index (χ0n) is 10.5. The number of carbonyl (C=O) groups is 1. The van der Waals surface area contributed by atoms with E-state index >= 15 is 0 Å². The van der Waals surface area contributed by atoms with Gasteiger partial charge in [-0.15, -0.1) is 0 Å². The fourth-order valence-corrected chi connectivity index (χ4v) is 1.61. The van der Waals surface area contributed by atoms with Crippen LogP contribution in [-0.2, 0) is 11.0 Å². The van der Waals surface area contributed by atoms with Gasteiger partial charge in [0.15, 0.2) is 0 Å². The lowest BCUT2D eigenvalue weighted by Crippen LogP contribution is -2.32. The van der Waals surface area contributed by atoms with Crippen molar-refractivity contribution in [3.8, 4) is 0 Å². The molecule has 0 aliphatic heterocycles. The lowest BCUT2D eigenvalue weighted by Gasteiger charge is -2.19. The largest absolute Gasteiger partial charge is 0.480 e. The van der Waals surface area contributed by atoms with Gasteiger partial charge < -0.3 is 10.4 Å². The van der Waals surface area contributed by atoms with E-state index in [9.17, 15) is 18.0 Å². The molecule has 0 saturated carbocycles. The number of pyridine rings is 1. The molecule has 19 heavy (non-hydrogen) atoms. The summed E-state index contributed by atoms with van der Waals surface area (Å²) in [6.45, 7) is 3.58. The molecule has 0 saturated heterocycles. The Labute approximate surface area is 108 Å². The van der Waals surface area contributed by atoms with Crippen molar-refractivity contribution in [3.63, 3.8) is 0 Å². The van der Waals surface area contributed by atoms with Crippen molar-refractivity contribution >= 4 is 11.8 Å². The lowest BCUT2D eigenvalue weighted by molar-refractivity contribution is -0.139. The molecule has 0 aliphatic carbocycles. The van der Waals surface area contributed by atoms with Crippen LogP contribution in [0.5, 0.6) is 0 Å². The van der Waals surface area contributed by atoms with Crippen molar-refractivity contribution in [3.05, 3.63) is 23.9 Å². The van der Waals surface area contributed by atoms with Gasteiger partial charge in [-0.3, -0.25) is 0 Å². The first-order chi connectivity index (χ1) is 8.71. The number of aromatic nitrogens is 1. The highest BCUT2D eigenvalue weighted by Crippen LogP contribution is 2.33. The number of hydrogen-bond donors (Lipinski definition) is 2. The fraction of sp³-hybridized carbons (Fsp3) is 0.500. The van der Waals surface area contributed by atoms with Crippen molar-refractivity contribution in [2.24, 2.45) is 5.92 Å². The highest BCUT2D eigenvalue weighted by atomic mass is 19.4. The number of aliphatic carboxylic acids is 1. The number of nitrogens with zero attached hydrogens (tertiary/aromatic N) is 1. The van der Waals surface area contributed by atoms with Crippen LogP contribution < -0.4 is 5.32 Å². The normalized spacial score (nSPS) is 13.4. The summed E-state index contributed by atoms with van der Waals surface area (Å²) >= 11 is 0. The molecule has 1 unspecified atom stereocenters. The van der Waals surface area contributed by atoms with Crippen LogP contribution in [0.15, 0.2) is 18.3 Å². The number of hydrogen-bond acceptors (Lipinski definition) is 3. The second-order valence-corrected chi connectivity index (χ2v) is 4.56. The van der Waals surface area contributed by atoms with Crippen LogP contribution in [0.4, 0.5) is 19.0 Å². The first-order valence-corrected chi connectivity index (χ1v) is 5.73. The Hall–Kier alpha value is -1.79. The van der Waals surface area contributed by atoms with E-state index in [4.69, 9.17) is 5.11 Å². The van der Waals surface area contributed by atoms with Gasteiger partial charge >= 0.3 is 12.1 Å². The first-order valence-electron chi connectivity index (χ1n) is 5.73. The smallest absolute Gasteiger partial charge is 0.419 e. The Morgan fingerprint density at radius 3 is 2.58 bits per heavy atom. The summed E-state index contributed by atoms with van der Waals surface area (Å²) in [7, 11) is 0. The summed E-state index contributed by atoms with van der Waals surface area (Å²) < 4.78 is 38.2. The van der Waals surface area contributed by atoms with Crippen LogP contribution >= 0.6 is 0 Å². The third-order valence-corrected chi connectivity index (χ3v) is 2.43. The number of halogens is 3. The maximum atomic E-state index is 12.7. The van der Waals surface area contributed by atoms with Gasteiger partial charge in [0.2, 0.25) is 0 Å². The summed E-state index contributed by atoms with van der Waals surface area (Å²) in [6.07, 6.45) is -3.17. The van der Waals surface area contributed by atoms with Gasteiger partial charge in [-0.25, -0.2) is 9.78 Å². The molecule has 0 amide bonds. The van der Waals surface area contributed by atoms with Gasteiger partial charge in [-0.1, -0.05) is 13.8 Å². The van der Waals surface area contributed by atoms with Gasteiger partial charge in [-0.05, 0) is 24.5 Å². The number of alkyl halides is 3.